The van der Waals surface area contributed by atoms with Gasteiger partial charge in [-0.25, -0.2) is 4.98 Å². The van der Waals surface area contributed by atoms with E-state index in [1.54, 1.807) is 0 Å². The summed E-state index contributed by atoms with van der Waals surface area (Å²) in [6.45, 7) is 9.96. The first kappa shape index (κ1) is 17.5. The summed E-state index contributed by atoms with van der Waals surface area (Å²) in [4.78, 5) is 18.6. The van der Waals surface area contributed by atoms with Crippen LogP contribution in [-0.2, 0) is 19.5 Å². The number of rotatable bonds is 3. The molecule has 0 radical (unpaired) electrons. The molecule has 4 heteroatoms. The van der Waals surface area contributed by atoms with Crippen LogP contribution in [0.1, 0.15) is 50.8 Å². The molecule has 0 bridgehead atoms. The Morgan fingerprint density at radius 1 is 1.07 bits per heavy atom. The second-order valence-electron chi connectivity index (χ2n) is 7.32. The van der Waals surface area contributed by atoms with E-state index in [4.69, 9.17) is 4.42 Å². The van der Waals surface area contributed by atoms with Crippen LogP contribution in [0.25, 0.3) is 11.1 Å². The monoisotopic (exact) mass is 360 g/mol. The number of carbonyl (C=O) groups excluding carboxylic acids is 1. The number of nitrogens with zero attached hydrogens (tertiary/aromatic N) is 2. The van der Waals surface area contributed by atoms with E-state index in [1.807, 2.05) is 4.90 Å². The lowest BCUT2D eigenvalue weighted by atomic mass is 9.84. The van der Waals surface area contributed by atoms with E-state index >= 15 is 0 Å². The third-order valence-electron chi connectivity index (χ3n) is 5.73. The van der Waals surface area contributed by atoms with Crippen molar-refractivity contribution in [1.82, 2.24) is 9.88 Å². The number of aromatic nitrogens is 1. The first-order valence-electron chi connectivity index (χ1n) is 9.39. The van der Waals surface area contributed by atoms with Gasteiger partial charge in [0.05, 0.1) is 0 Å². The molecule has 2 heterocycles. The van der Waals surface area contributed by atoms with Crippen molar-refractivity contribution in [2.24, 2.45) is 0 Å². The van der Waals surface area contributed by atoms with Crippen molar-refractivity contribution < 1.29 is 9.21 Å². The molecule has 0 saturated carbocycles. The molecule has 0 fully saturated rings. The number of hydrogen-bond donors (Lipinski definition) is 0. The Hall–Kier alpha value is -2.88. The van der Waals surface area contributed by atoms with Gasteiger partial charge < -0.3 is 9.32 Å². The number of fused-ring (bicyclic) bond motifs is 1. The number of benzene rings is 2. The molecule has 1 aromatic heterocycles. The minimum absolute atomic E-state index is 0.0753. The summed E-state index contributed by atoms with van der Waals surface area (Å²) >= 11 is 0. The molecule has 0 aliphatic carbocycles. The van der Waals surface area contributed by atoms with Crippen molar-refractivity contribution >= 4 is 5.91 Å². The maximum absolute atomic E-state index is 12.7. The number of amides is 1. The van der Waals surface area contributed by atoms with Crippen LogP contribution < -0.4 is 0 Å². The Morgan fingerprint density at radius 3 is 2.33 bits per heavy atom. The van der Waals surface area contributed by atoms with E-state index < -0.39 is 0 Å². The zero-order valence-corrected chi connectivity index (χ0v) is 16.3. The minimum Gasteiger partial charge on any atom is -0.451 e. The Labute approximate surface area is 159 Å². The number of hydrogen-bond acceptors (Lipinski definition) is 3. The molecule has 1 aliphatic rings. The molecule has 138 valence electrons. The predicted octanol–water partition coefficient (Wildman–Crippen LogP) is 4.99. The number of carbonyl (C=O) groups is 1. The summed E-state index contributed by atoms with van der Waals surface area (Å²) in [5.41, 5.74) is 10.7. The van der Waals surface area contributed by atoms with E-state index in [-0.39, 0.29) is 5.91 Å². The highest BCUT2D eigenvalue weighted by Gasteiger charge is 2.30. The van der Waals surface area contributed by atoms with Gasteiger partial charge in [0, 0.05) is 13.1 Å². The molecule has 0 spiro atoms. The molecule has 1 aliphatic heterocycles. The topological polar surface area (TPSA) is 46.3 Å². The van der Waals surface area contributed by atoms with Crippen LogP contribution in [0, 0.1) is 20.8 Å². The average Bonchev–Trinajstić information content (AvgIpc) is 3.35. The summed E-state index contributed by atoms with van der Waals surface area (Å²) < 4.78 is 4.98. The standard InChI is InChI=1S/C23H24N2O2/c1-5-18-15(3)19-10-25(23(26)21-12-27-13-24-21)11-20(19)16(4)22(18)17-8-6-14(2)7-9-17/h6-9,12-13H,5,10-11H2,1-4H3. The van der Waals surface area contributed by atoms with Crippen LogP contribution in [-0.4, -0.2) is 15.8 Å². The molecule has 4 nitrogen and oxygen atoms in total. The quantitative estimate of drug-likeness (QED) is 0.661. The fourth-order valence-corrected chi connectivity index (χ4v) is 4.24. The molecule has 0 N–H and O–H groups in total. The lowest BCUT2D eigenvalue weighted by Crippen LogP contribution is -2.25. The lowest BCUT2D eigenvalue weighted by Gasteiger charge is -2.19. The average molecular weight is 360 g/mol. The van der Waals surface area contributed by atoms with Crippen molar-refractivity contribution in [3.63, 3.8) is 0 Å². The van der Waals surface area contributed by atoms with Gasteiger partial charge in [0.25, 0.3) is 5.91 Å². The lowest BCUT2D eigenvalue weighted by molar-refractivity contribution is 0.0745. The summed E-state index contributed by atoms with van der Waals surface area (Å²) in [7, 11) is 0. The van der Waals surface area contributed by atoms with Gasteiger partial charge in [-0.05, 0) is 66.1 Å². The number of oxazole rings is 1. The summed E-state index contributed by atoms with van der Waals surface area (Å²) in [5, 5.41) is 0. The molecular formula is C23H24N2O2. The van der Waals surface area contributed by atoms with E-state index in [2.05, 4.69) is 56.9 Å². The van der Waals surface area contributed by atoms with Crippen molar-refractivity contribution in [2.45, 2.75) is 47.2 Å². The van der Waals surface area contributed by atoms with Crippen LogP contribution in [0.4, 0.5) is 0 Å². The van der Waals surface area contributed by atoms with Gasteiger partial charge in [-0.15, -0.1) is 0 Å². The fourth-order valence-electron chi connectivity index (χ4n) is 4.24. The third-order valence-corrected chi connectivity index (χ3v) is 5.73. The molecule has 3 aromatic rings. The molecule has 2 aromatic carbocycles. The first-order chi connectivity index (χ1) is 13.0. The van der Waals surface area contributed by atoms with E-state index in [0.717, 1.165) is 6.42 Å². The van der Waals surface area contributed by atoms with Crippen LogP contribution >= 0.6 is 0 Å². The van der Waals surface area contributed by atoms with Crippen LogP contribution in [0.5, 0.6) is 0 Å². The molecule has 4 rings (SSSR count). The minimum atomic E-state index is -0.0753. The van der Waals surface area contributed by atoms with Gasteiger partial charge in [-0.1, -0.05) is 36.8 Å². The highest BCUT2D eigenvalue weighted by molar-refractivity contribution is 5.92. The Morgan fingerprint density at radius 2 is 1.74 bits per heavy atom. The summed E-state index contributed by atoms with van der Waals surface area (Å²) in [6.07, 6.45) is 3.69. The maximum Gasteiger partial charge on any atom is 0.276 e. The molecule has 27 heavy (non-hydrogen) atoms. The SMILES string of the molecule is CCc1c(C)c2c(c(C)c1-c1ccc(C)cc1)CN(C(=O)c1cocn1)C2. The van der Waals surface area contributed by atoms with Crippen molar-refractivity contribution in [3.05, 3.63) is 76.0 Å². The smallest absolute Gasteiger partial charge is 0.276 e. The second-order valence-corrected chi connectivity index (χ2v) is 7.32. The Balaban J connectivity index is 1.81. The van der Waals surface area contributed by atoms with Crippen molar-refractivity contribution in [1.29, 1.82) is 0 Å². The van der Waals surface area contributed by atoms with Crippen LogP contribution in [0.15, 0.2) is 41.3 Å². The maximum atomic E-state index is 12.7. The highest BCUT2D eigenvalue weighted by Crippen LogP contribution is 2.39. The van der Waals surface area contributed by atoms with Crippen LogP contribution in [0.2, 0.25) is 0 Å². The predicted molar refractivity (Wildman–Crippen MR) is 106 cm³/mol. The van der Waals surface area contributed by atoms with Gasteiger partial charge in [0.1, 0.15) is 6.26 Å². The third kappa shape index (κ3) is 2.85. The van der Waals surface area contributed by atoms with Crippen molar-refractivity contribution in [2.75, 3.05) is 0 Å². The fraction of sp³-hybridized carbons (Fsp3) is 0.304. The van der Waals surface area contributed by atoms with Gasteiger partial charge in [0.15, 0.2) is 12.1 Å². The van der Waals surface area contributed by atoms with E-state index in [0.29, 0.717) is 18.8 Å². The van der Waals surface area contributed by atoms with Gasteiger partial charge in [0.2, 0.25) is 0 Å². The van der Waals surface area contributed by atoms with E-state index in [9.17, 15) is 4.79 Å². The van der Waals surface area contributed by atoms with Crippen LogP contribution in [0.3, 0.4) is 0 Å². The normalized spacial score (nSPS) is 13.1. The highest BCUT2D eigenvalue weighted by atomic mass is 16.3. The summed E-state index contributed by atoms with van der Waals surface area (Å²) in [5.74, 6) is -0.0753. The number of aryl methyl sites for hydroxylation is 1. The Kier molecular flexibility index (Phi) is 4.34. The summed E-state index contributed by atoms with van der Waals surface area (Å²) in [6, 6.07) is 8.74. The first-order valence-corrected chi connectivity index (χ1v) is 9.39. The molecular weight excluding hydrogens is 336 g/mol. The second kappa shape index (κ2) is 6.69. The largest absolute Gasteiger partial charge is 0.451 e. The zero-order chi connectivity index (χ0) is 19.1. The van der Waals surface area contributed by atoms with Crippen molar-refractivity contribution in [3.8, 4) is 11.1 Å². The molecule has 0 saturated heterocycles. The Bertz CT molecular complexity index is 1000. The zero-order valence-electron chi connectivity index (χ0n) is 16.3. The van der Waals surface area contributed by atoms with Gasteiger partial charge in [-0.2, -0.15) is 0 Å². The van der Waals surface area contributed by atoms with E-state index in [1.165, 1.54) is 57.2 Å². The van der Waals surface area contributed by atoms with Gasteiger partial charge >= 0.3 is 0 Å². The molecule has 0 atom stereocenters. The molecule has 1 amide bonds. The van der Waals surface area contributed by atoms with Gasteiger partial charge in [-0.3, -0.25) is 4.79 Å². The molecule has 0 unspecified atom stereocenters.